The molecule has 5 nitrogen and oxygen atoms in total. The van der Waals surface area contributed by atoms with Crippen molar-refractivity contribution in [1.29, 1.82) is 0 Å². The Bertz CT molecular complexity index is 794. The van der Waals surface area contributed by atoms with E-state index in [-0.39, 0.29) is 11.8 Å². The van der Waals surface area contributed by atoms with Crippen LogP contribution in [0.5, 0.6) is 0 Å². The van der Waals surface area contributed by atoms with Crippen LogP contribution >= 0.6 is 0 Å². The maximum absolute atomic E-state index is 12.8. The maximum Gasteiger partial charge on any atom is 0.224 e. The Kier molecular flexibility index (Phi) is 7.55. The van der Waals surface area contributed by atoms with E-state index in [4.69, 9.17) is 5.73 Å². The summed E-state index contributed by atoms with van der Waals surface area (Å²) in [5.74, 6) is 1.20. The van der Waals surface area contributed by atoms with Gasteiger partial charge in [0.25, 0.3) is 0 Å². The normalized spacial score (nSPS) is 24.9. The Morgan fingerprint density at radius 3 is 2.41 bits per heavy atom. The van der Waals surface area contributed by atoms with Crippen molar-refractivity contribution in [2.75, 3.05) is 32.7 Å². The minimum Gasteiger partial charge on any atom is -0.369 e. The quantitative estimate of drug-likeness (QED) is 0.726. The number of hydrogen-bond acceptors (Lipinski definition) is 3. The molecule has 1 saturated carbocycles. The molecular weight excluding hydrogens is 398 g/mol. The Hall–Kier alpha value is -1.88. The third kappa shape index (κ3) is 5.36. The number of amides is 2. The summed E-state index contributed by atoms with van der Waals surface area (Å²) >= 11 is 0. The molecule has 1 aliphatic carbocycles. The highest BCUT2D eigenvalue weighted by Gasteiger charge is 2.41. The van der Waals surface area contributed by atoms with Crippen LogP contribution in [0.4, 0.5) is 0 Å². The second-order valence-electron chi connectivity index (χ2n) is 10.6. The number of carbonyl (C=O) groups is 2. The summed E-state index contributed by atoms with van der Waals surface area (Å²) in [4.78, 5) is 29.3. The molecule has 32 heavy (non-hydrogen) atoms. The van der Waals surface area contributed by atoms with Gasteiger partial charge in [-0.15, -0.1) is 0 Å². The molecule has 0 aromatic heterocycles. The zero-order chi connectivity index (χ0) is 22.6. The molecule has 2 saturated heterocycles. The molecule has 1 aromatic carbocycles. The lowest BCUT2D eigenvalue weighted by molar-refractivity contribution is -0.131. The predicted molar refractivity (Wildman–Crippen MR) is 128 cm³/mol. The van der Waals surface area contributed by atoms with Crippen molar-refractivity contribution in [1.82, 2.24) is 9.80 Å². The first-order valence-corrected chi connectivity index (χ1v) is 12.8. The Balaban J connectivity index is 1.45. The van der Waals surface area contributed by atoms with Gasteiger partial charge in [0.2, 0.25) is 11.8 Å². The fourth-order valence-corrected chi connectivity index (χ4v) is 6.38. The van der Waals surface area contributed by atoms with Gasteiger partial charge in [-0.2, -0.15) is 0 Å². The molecule has 2 amide bonds. The maximum atomic E-state index is 12.8. The van der Waals surface area contributed by atoms with Crippen molar-refractivity contribution in [3.8, 4) is 0 Å². The Morgan fingerprint density at radius 2 is 1.72 bits per heavy atom. The number of benzene rings is 1. The highest BCUT2D eigenvalue weighted by molar-refractivity contribution is 5.81. The van der Waals surface area contributed by atoms with E-state index in [1.807, 2.05) is 4.90 Å². The van der Waals surface area contributed by atoms with E-state index >= 15 is 0 Å². The molecule has 3 aliphatic rings. The summed E-state index contributed by atoms with van der Waals surface area (Å²) in [5.41, 5.74) is 8.17. The number of rotatable bonds is 6. The number of nitrogens with zero attached hydrogens (tertiary/aromatic N) is 2. The largest absolute Gasteiger partial charge is 0.369 e. The van der Waals surface area contributed by atoms with Crippen LogP contribution in [0.25, 0.3) is 0 Å². The summed E-state index contributed by atoms with van der Waals surface area (Å²) in [6.45, 7) is 6.44. The summed E-state index contributed by atoms with van der Waals surface area (Å²) < 4.78 is 0. The molecule has 2 N–H and O–H groups in total. The van der Waals surface area contributed by atoms with Crippen LogP contribution in [0.15, 0.2) is 24.3 Å². The third-order valence-electron chi connectivity index (χ3n) is 8.47. The average Bonchev–Trinajstić information content (AvgIpc) is 2.81. The molecule has 2 aliphatic heterocycles. The first kappa shape index (κ1) is 23.3. The van der Waals surface area contributed by atoms with E-state index in [1.54, 1.807) is 6.92 Å². The highest BCUT2D eigenvalue weighted by Crippen LogP contribution is 2.39. The van der Waals surface area contributed by atoms with Crippen LogP contribution in [0.3, 0.4) is 0 Å². The topological polar surface area (TPSA) is 66.6 Å². The summed E-state index contributed by atoms with van der Waals surface area (Å²) in [6, 6.07) is 8.56. The molecule has 4 rings (SSSR count). The van der Waals surface area contributed by atoms with Crippen molar-refractivity contribution in [2.45, 2.75) is 77.0 Å². The molecule has 176 valence electrons. The van der Waals surface area contributed by atoms with Crippen molar-refractivity contribution in [3.63, 3.8) is 0 Å². The molecular formula is C27H41N3O2. The van der Waals surface area contributed by atoms with Gasteiger partial charge in [-0.1, -0.05) is 43.5 Å². The van der Waals surface area contributed by atoms with Crippen LogP contribution in [-0.4, -0.2) is 54.3 Å². The summed E-state index contributed by atoms with van der Waals surface area (Å²) in [5, 5.41) is 0. The Morgan fingerprint density at radius 1 is 1.00 bits per heavy atom. The molecule has 1 aromatic rings. The second-order valence-corrected chi connectivity index (χ2v) is 10.6. The lowest BCUT2D eigenvalue weighted by Gasteiger charge is -2.42. The number of primary amides is 1. The second kappa shape index (κ2) is 10.4. The molecule has 1 atom stereocenters. The summed E-state index contributed by atoms with van der Waals surface area (Å²) in [7, 11) is 0. The van der Waals surface area contributed by atoms with Crippen molar-refractivity contribution >= 4 is 11.8 Å². The molecule has 0 spiro atoms. The zero-order valence-corrected chi connectivity index (χ0v) is 19.9. The number of nitrogens with two attached hydrogens (primary N) is 1. The van der Waals surface area contributed by atoms with Gasteiger partial charge >= 0.3 is 0 Å². The molecule has 0 bridgehead atoms. The minimum absolute atomic E-state index is 0.140. The van der Waals surface area contributed by atoms with Crippen LogP contribution in [0.2, 0.25) is 0 Å². The lowest BCUT2D eigenvalue weighted by atomic mass is 9.71. The number of hydrogen-bond donors (Lipinski definition) is 1. The number of piperidine rings is 2. The molecule has 2 heterocycles. The van der Waals surface area contributed by atoms with Gasteiger partial charge in [0, 0.05) is 32.5 Å². The highest BCUT2D eigenvalue weighted by atomic mass is 16.2. The first-order valence-electron chi connectivity index (χ1n) is 12.8. The monoisotopic (exact) mass is 439 g/mol. The van der Waals surface area contributed by atoms with Crippen molar-refractivity contribution < 1.29 is 9.59 Å². The van der Waals surface area contributed by atoms with Gasteiger partial charge in [-0.3, -0.25) is 9.59 Å². The first-order chi connectivity index (χ1) is 15.5. The van der Waals surface area contributed by atoms with E-state index in [0.29, 0.717) is 5.92 Å². The van der Waals surface area contributed by atoms with Crippen molar-refractivity contribution in [2.24, 2.45) is 17.1 Å². The number of likely N-dealkylation sites (tertiary alicyclic amines) is 2. The summed E-state index contributed by atoms with van der Waals surface area (Å²) in [6.07, 6.45) is 11.5. The fourth-order valence-electron chi connectivity index (χ4n) is 6.38. The van der Waals surface area contributed by atoms with Crippen molar-refractivity contribution in [3.05, 3.63) is 35.4 Å². The fraction of sp³-hybridized carbons (Fsp3) is 0.704. The van der Waals surface area contributed by atoms with Crippen LogP contribution in [-0.2, 0) is 16.0 Å². The molecule has 1 unspecified atom stereocenters. The molecule has 0 radical (unpaired) electrons. The zero-order valence-electron chi connectivity index (χ0n) is 19.9. The predicted octanol–water partition coefficient (Wildman–Crippen LogP) is 4.10. The smallest absolute Gasteiger partial charge is 0.224 e. The van der Waals surface area contributed by atoms with Crippen LogP contribution < -0.4 is 5.73 Å². The van der Waals surface area contributed by atoms with Gasteiger partial charge in [0.15, 0.2) is 0 Å². The van der Waals surface area contributed by atoms with Crippen LogP contribution in [0, 0.1) is 11.3 Å². The van der Waals surface area contributed by atoms with E-state index in [1.165, 1.54) is 49.8 Å². The lowest BCUT2D eigenvalue weighted by Crippen LogP contribution is -2.49. The van der Waals surface area contributed by atoms with Gasteiger partial charge in [0.05, 0.1) is 5.41 Å². The van der Waals surface area contributed by atoms with Gasteiger partial charge in [-0.05, 0) is 75.1 Å². The average molecular weight is 440 g/mol. The van der Waals surface area contributed by atoms with Gasteiger partial charge in [0.1, 0.15) is 0 Å². The Labute approximate surface area is 193 Å². The third-order valence-corrected chi connectivity index (χ3v) is 8.47. The van der Waals surface area contributed by atoms with Gasteiger partial charge in [-0.25, -0.2) is 0 Å². The molecule has 5 heteroatoms. The minimum atomic E-state index is -0.450. The van der Waals surface area contributed by atoms with E-state index in [0.717, 1.165) is 64.2 Å². The standard InChI is InChI=1S/C27H41N3O2/c1-21(31)30-15-7-11-24(20-30)25-12-6-5-10-23(25)18-27(26(28)32)13-16-29(17-14-27)19-22-8-3-2-4-9-22/h5-6,10,12,22,24H,2-4,7-9,11,13-20H2,1H3,(H2,28,32). The van der Waals surface area contributed by atoms with Gasteiger partial charge < -0.3 is 15.5 Å². The SMILES string of the molecule is CC(=O)N1CCCC(c2ccccc2CC2(C(N)=O)CCN(CC3CCCCC3)CC2)C1. The van der Waals surface area contributed by atoms with Crippen LogP contribution in [0.1, 0.15) is 81.8 Å². The molecule has 3 fully saturated rings. The number of carbonyl (C=O) groups excluding carboxylic acids is 2. The van der Waals surface area contributed by atoms with E-state index < -0.39 is 5.41 Å². The van der Waals surface area contributed by atoms with E-state index in [2.05, 4.69) is 29.2 Å². The van der Waals surface area contributed by atoms with E-state index in [9.17, 15) is 9.59 Å².